The smallest absolute Gasteiger partial charge is 0.224 e. The van der Waals surface area contributed by atoms with Gasteiger partial charge in [0.05, 0.1) is 17.5 Å². The number of nitrogens with one attached hydrogen (secondary N) is 2. The van der Waals surface area contributed by atoms with Crippen LogP contribution < -0.4 is 5.32 Å². The van der Waals surface area contributed by atoms with Crippen molar-refractivity contribution in [1.82, 2.24) is 15.3 Å². The van der Waals surface area contributed by atoms with E-state index in [4.69, 9.17) is 0 Å². The van der Waals surface area contributed by atoms with Crippen molar-refractivity contribution in [2.45, 2.75) is 46.5 Å². The van der Waals surface area contributed by atoms with Crippen LogP contribution in [0.3, 0.4) is 0 Å². The molecule has 21 heavy (non-hydrogen) atoms. The molecule has 0 saturated carbocycles. The largest absolute Gasteiger partial charge is 0.356 e. The van der Waals surface area contributed by atoms with Crippen molar-refractivity contribution < 1.29 is 4.79 Å². The van der Waals surface area contributed by atoms with Gasteiger partial charge in [0.15, 0.2) is 0 Å². The maximum absolute atomic E-state index is 11.9. The molecule has 0 spiro atoms. The lowest BCUT2D eigenvalue weighted by atomic mass is 10.1. The second kappa shape index (κ2) is 6.74. The molecule has 0 bridgehead atoms. The SMILES string of the molecule is CC(C)CCNC(=O)Cc1ccc2nc(C(C)C)[nH]c2c1. The number of carbonyl (C=O) groups is 1. The fraction of sp³-hybridized carbons (Fsp3) is 0.529. The number of carbonyl (C=O) groups excluding carboxylic acids is 1. The van der Waals surface area contributed by atoms with E-state index in [0.717, 1.165) is 35.4 Å². The standard InChI is InChI=1S/C17H25N3O/c1-11(2)7-8-18-16(21)10-13-5-6-14-15(9-13)20-17(19-14)12(3)4/h5-6,9,11-12H,7-8,10H2,1-4H3,(H,18,21)(H,19,20). The molecule has 114 valence electrons. The third-order valence-electron chi connectivity index (χ3n) is 3.52. The predicted molar refractivity (Wildman–Crippen MR) is 86.4 cm³/mol. The molecule has 0 aliphatic carbocycles. The number of aromatic nitrogens is 2. The van der Waals surface area contributed by atoms with Crippen LogP contribution in [0.2, 0.25) is 0 Å². The van der Waals surface area contributed by atoms with Crippen molar-refractivity contribution in [3.05, 3.63) is 29.6 Å². The zero-order chi connectivity index (χ0) is 15.4. The van der Waals surface area contributed by atoms with Crippen LogP contribution in [0.4, 0.5) is 0 Å². The van der Waals surface area contributed by atoms with Crippen LogP contribution in [0.5, 0.6) is 0 Å². The van der Waals surface area contributed by atoms with E-state index < -0.39 is 0 Å². The van der Waals surface area contributed by atoms with Gasteiger partial charge in [-0.25, -0.2) is 4.98 Å². The molecule has 0 aliphatic heterocycles. The Morgan fingerprint density at radius 3 is 2.71 bits per heavy atom. The molecule has 1 amide bonds. The predicted octanol–water partition coefficient (Wildman–Crippen LogP) is 3.39. The van der Waals surface area contributed by atoms with Gasteiger partial charge >= 0.3 is 0 Å². The van der Waals surface area contributed by atoms with E-state index in [1.54, 1.807) is 0 Å². The number of imidazole rings is 1. The number of aromatic amines is 1. The fourth-order valence-corrected chi connectivity index (χ4v) is 2.21. The van der Waals surface area contributed by atoms with Crippen molar-refractivity contribution >= 4 is 16.9 Å². The minimum Gasteiger partial charge on any atom is -0.356 e. The van der Waals surface area contributed by atoms with Gasteiger partial charge in [-0.05, 0) is 30.0 Å². The van der Waals surface area contributed by atoms with Crippen LogP contribution in [-0.4, -0.2) is 22.4 Å². The topological polar surface area (TPSA) is 57.8 Å². The first-order valence-electron chi connectivity index (χ1n) is 7.71. The first-order chi connectivity index (χ1) is 9.95. The third kappa shape index (κ3) is 4.31. The van der Waals surface area contributed by atoms with Gasteiger partial charge < -0.3 is 10.3 Å². The van der Waals surface area contributed by atoms with Crippen molar-refractivity contribution in [1.29, 1.82) is 0 Å². The molecule has 0 fully saturated rings. The Morgan fingerprint density at radius 2 is 2.05 bits per heavy atom. The molecule has 0 aliphatic rings. The average Bonchev–Trinajstić information content (AvgIpc) is 2.81. The quantitative estimate of drug-likeness (QED) is 0.855. The first kappa shape index (κ1) is 15.5. The Kier molecular flexibility index (Phi) is 4.99. The highest BCUT2D eigenvalue weighted by molar-refractivity contribution is 5.81. The van der Waals surface area contributed by atoms with Crippen LogP contribution in [0.25, 0.3) is 11.0 Å². The van der Waals surface area contributed by atoms with E-state index in [0.29, 0.717) is 18.3 Å². The van der Waals surface area contributed by atoms with Gasteiger partial charge in [-0.1, -0.05) is 33.8 Å². The number of hydrogen-bond donors (Lipinski definition) is 2. The Labute approximate surface area is 126 Å². The molecule has 4 heteroatoms. The molecule has 0 atom stereocenters. The molecule has 1 aromatic heterocycles. The van der Waals surface area contributed by atoms with Gasteiger partial charge in [-0.2, -0.15) is 0 Å². The second-order valence-electron chi connectivity index (χ2n) is 6.34. The number of amides is 1. The van der Waals surface area contributed by atoms with E-state index in [9.17, 15) is 4.79 Å². The Bertz CT molecular complexity index is 614. The molecule has 1 heterocycles. The summed E-state index contributed by atoms with van der Waals surface area (Å²) in [6.45, 7) is 9.29. The lowest BCUT2D eigenvalue weighted by Crippen LogP contribution is -2.26. The molecule has 2 N–H and O–H groups in total. The Hall–Kier alpha value is -1.84. The summed E-state index contributed by atoms with van der Waals surface area (Å²) in [5.41, 5.74) is 2.98. The van der Waals surface area contributed by atoms with Crippen LogP contribution in [0, 0.1) is 5.92 Å². The molecule has 1 aromatic carbocycles. The number of fused-ring (bicyclic) bond motifs is 1. The monoisotopic (exact) mass is 287 g/mol. The maximum Gasteiger partial charge on any atom is 0.224 e. The minimum atomic E-state index is 0.0820. The summed E-state index contributed by atoms with van der Waals surface area (Å²) in [5.74, 6) is 2.06. The number of H-pyrrole nitrogens is 1. The first-order valence-corrected chi connectivity index (χ1v) is 7.71. The van der Waals surface area contributed by atoms with E-state index in [1.807, 2.05) is 18.2 Å². The Morgan fingerprint density at radius 1 is 1.29 bits per heavy atom. The van der Waals surface area contributed by atoms with Crippen LogP contribution in [0.15, 0.2) is 18.2 Å². The van der Waals surface area contributed by atoms with Crippen LogP contribution >= 0.6 is 0 Å². The molecule has 0 saturated heterocycles. The third-order valence-corrected chi connectivity index (χ3v) is 3.52. The summed E-state index contributed by atoms with van der Waals surface area (Å²) in [4.78, 5) is 19.8. The molecule has 0 radical (unpaired) electrons. The summed E-state index contributed by atoms with van der Waals surface area (Å²) in [6.07, 6.45) is 1.44. The van der Waals surface area contributed by atoms with E-state index >= 15 is 0 Å². The van der Waals surface area contributed by atoms with Crippen molar-refractivity contribution in [2.24, 2.45) is 5.92 Å². The second-order valence-corrected chi connectivity index (χ2v) is 6.34. The van der Waals surface area contributed by atoms with E-state index in [1.165, 1.54) is 0 Å². The number of hydrogen-bond acceptors (Lipinski definition) is 2. The molecule has 2 rings (SSSR count). The summed E-state index contributed by atoms with van der Waals surface area (Å²) in [6, 6.07) is 5.99. The van der Waals surface area contributed by atoms with Gasteiger partial charge in [-0.3, -0.25) is 4.79 Å². The van der Waals surface area contributed by atoms with E-state index in [-0.39, 0.29) is 5.91 Å². The summed E-state index contributed by atoms with van der Waals surface area (Å²) < 4.78 is 0. The van der Waals surface area contributed by atoms with Crippen LogP contribution in [-0.2, 0) is 11.2 Å². The zero-order valence-corrected chi connectivity index (χ0v) is 13.4. The van der Waals surface area contributed by atoms with Gasteiger partial charge in [0.25, 0.3) is 0 Å². The highest BCUT2D eigenvalue weighted by Gasteiger charge is 2.08. The molecule has 0 unspecified atom stereocenters. The van der Waals surface area contributed by atoms with Crippen LogP contribution in [0.1, 0.15) is 51.4 Å². The highest BCUT2D eigenvalue weighted by Crippen LogP contribution is 2.18. The highest BCUT2D eigenvalue weighted by atomic mass is 16.1. The lowest BCUT2D eigenvalue weighted by Gasteiger charge is -2.07. The summed E-state index contributed by atoms with van der Waals surface area (Å²) in [7, 11) is 0. The lowest BCUT2D eigenvalue weighted by molar-refractivity contribution is -0.120. The molecular formula is C17H25N3O. The van der Waals surface area contributed by atoms with Gasteiger partial charge in [-0.15, -0.1) is 0 Å². The molecule has 2 aromatic rings. The van der Waals surface area contributed by atoms with Crippen molar-refractivity contribution in [2.75, 3.05) is 6.54 Å². The zero-order valence-electron chi connectivity index (χ0n) is 13.4. The van der Waals surface area contributed by atoms with Crippen molar-refractivity contribution in [3.8, 4) is 0 Å². The van der Waals surface area contributed by atoms with Gasteiger partial charge in [0, 0.05) is 12.5 Å². The minimum absolute atomic E-state index is 0.0820. The molecule has 4 nitrogen and oxygen atoms in total. The Balaban J connectivity index is 2.00. The van der Waals surface area contributed by atoms with E-state index in [2.05, 4.69) is 43.0 Å². The normalized spacial score (nSPS) is 11.5. The number of rotatable bonds is 6. The van der Waals surface area contributed by atoms with Gasteiger partial charge in [0.1, 0.15) is 5.82 Å². The van der Waals surface area contributed by atoms with Gasteiger partial charge in [0.2, 0.25) is 5.91 Å². The average molecular weight is 287 g/mol. The summed E-state index contributed by atoms with van der Waals surface area (Å²) >= 11 is 0. The maximum atomic E-state index is 11.9. The number of nitrogens with zero attached hydrogens (tertiary/aromatic N) is 1. The number of benzene rings is 1. The fourth-order valence-electron chi connectivity index (χ4n) is 2.21. The summed E-state index contributed by atoms with van der Waals surface area (Å²) in [5, 5.41) is 2.97. The van der Waals surface area contributed by atoms with Crippen molar-refractivity contribution in [3.63, 3.8) is 0 Å². The molecular weight excluding hydrogens is 262 g/mol.